The number of benzene rings is 1. The molecule has 0 spiro atoms. The Morgan fingerprint density at radius 2 is 2.00 bits per heavy atom. The highest BCUT2D eigenvalue weighted by molar-refractivity contribution is 5.99. The second-order valence-electron chi connectivity index (χ2n) is 2.65. The number of aliphatic hydroxyl groups is 1. The minimum Gasteiger partial charge on any atom is -0.385 e. The lowest BCUT2D eigenvalue weighted by Gasteiger charge is -2.05. The molecule has 1 aromatic carbocycles. The largest absolute Gasteiger partial charge is 0.385 e. The van der Waals surface area contributed by atoms with Crippen molar-refractivity contribution in [2.24, 2.45) is 0 Å². The fraction of sp³-hybridized carbons (Fsp3) is 0.300. The Balaban J connectivity index is 2.79. The molecule has 12 heavy (non-hydrogen) atoms. The van der Waals surface area contributed by atoms with Crippen molar-refractivity contribution >= 4 is 5.78 Å². The lowest BCUT2D eigenvalue weighted by atomic mass is 10.1. The summed E-state index contributed by atoms with van der Waals surface area (Å²) in [5.74, 6) is -0.196. The van der Waals surface area contributed by atoms with Gasteiger partial charge in [-0.25, -0.2) is 0 Å². The molecule has 2 heteroatoms. The number of hydrogen-bond donors (Lipinski definition) is 1. The van der Waals surface area contributed by atoms with E-state index in [1.165, 1.54) is 0 Å². The predicted octanol–water partition coefficient (Wildman–Crippen LogP) is 1.64. The van der Waals surface area contributed by atoms with Gasteiger partial charge in [0.2, 0.25) is 0 Å². The van der Waals surface area contributed by atoms with Crippen LogP contribution in [-0.4, -0.2) is 17.0 Å². The molecule has 64 valence electrons. The summed E-state index contributed by atoms with van der Waals surface area (Å²) in [7, 11) is 0. The van der Waals surface area contributed by atoms with E-state index in [1.54, 1.807) is 31.2 Å². The van der Waals surface area contributed by atoms with Gasteiger partial charge in [-0.05, 0) is 6.42 Å². The fourth-order valence-electron chi connectivity index (χ4n) is 0.980. The van der Waals surface area contributed by atoms with E-state index in [2.05, 4.69) is 0 Å². The van der Waals surface area contributed by atoms with E-state index in [0.717, 1.165) is 0 Å². The molecule has 1 atom stereocenters. The van der Waals surface area contributed by atoms with Gasteiger partial charge in [0.05, 0.1) is 0 Å². The summed E-state index contributed by atoms with van der Waals surface area (Å²) in [6.07, 6.45) is -0.388. The molecule has 0 heterocycles. The van der Waals surface area contributed by atoms with Crippen molar-refractivity contribution in [3.8, 4) is 0 Å². The zero-order chi connectivity index (χ0) is 8.97. The van der Waals surface area contributed by atoms with Crippen LogP contribution in [0, 0.1) is 0 Å². The van der Waals surface area contributed by atoms with Crippen LogP contribution in [0.15, 0.2) is 30.3 Å². The van der Waals surface area contributed by atoms with E-state index >= 15 is 0 Å². The van der Waals surface area contributed by atoms with Crippen molar-refractivity contribution in [3.05, 3.63) is 35.9 Å². The zero-order valence-electron chi connectivity index (χ0n) is 7.03. The van der Waals surface area contributed by atoms with Gasteiger partial charge in [0, 0.05) is 5.56 Å². The van der Waals surface area contributed by atoms with E-state index < -0.39 is 6.10 Å². The molecule has 0 aromatic heterocycles. The molecule has 1 rings (SSSR count). The Morgan fingerprint density at radius 3 is 2.50 bits per heavy atom. The van der Waals surface area contributed by atoms with Crippen LogP contribution in [0.2, 0.25) is 0 Å². The van der Waals surface area contributed by atoms with Crippen LogP contribution in [0.25, 0.3) is 0 Å². The maximum atomic E-state index is 11.3. The van der Waals surface area contributed by atoms with Gasteiger partial charge >= 0.3 is 0 Å². The molecule has 0 aliphatic carbocycles. The highest BCUT2D eigenvalue weighted by atomic mass is 16.3. The number of carbonyl (C=O) groups is 1. The highest BCUT2D eigenvalue weighted by Crippen LogP contribution is 2.04. The molecule has 0 aliphatic heterocycles. The molecule has 0 saturated carbocycles. The molecular formula is C10H12O2. The Kier molecular flexibility index (Phi) is 3.00. The van der Waals surface area contributed by atoms with Gasteiger partial charge < -0.3 is 5.11 Å². The molecule has 0 amide bonds. The van der Waals surface area contributed by atoms with Crippen LogP contribution in [0.3, 0.4) is 0 Å². The lowest BCUT2D eigenvalue weighted by molar-refractivity contribution is 0.0741. The molecule has 0 bridgehead atoms. The summed E-state index contributed by atoms with van der Waals surface area (Å²) < 4.78 is 0. The van der Waals surface area contributed by atoms with Crippen LogP contribution in [0.4, 0.5) is 0 Å². The summed E-state index contributed by atoms with van der Waals surface area (Å²) in [5.41, 5.74) is 0.576. The quantitative estimate of drug-likeness (QED) is 0.689. The van der Waals surface area contributed by atoms with Gasteiger partial charge in [-0.1, -0.05) is 37.3 Å². The molecule has 0 saturated heterocycles. The van der Waals surface area contributed by atoms with E-state index in [4.69, 9.17) is 0 Å². The maximum Gasteiger partial charge on any atom is 0.191 e. The van der Waals surface area contributed by atoms with Crippen LogP contribution in [0.5, 0.6) is 0 Å². The van der Waals surface area contributed by atoms with Gasteiger partial charge in [-0.3, -0.25) is 4.79 Å². The summed E-state index contributed by atoms with van der Waals surface area (Å²) in [6, 6.07) is 8.84. The second kappa shape index (κ2) is 4.02. The summed E-state index contributed by atoms with van der Waals surface area (Å²) >= 11 is 0. The first kappa shape index (κ1) is 8.94. The van der Waals surface area contributed by atoms with Crippen molar-refractivity contribution in [1.29, 1.82) is 0 Å². The second-order valence-corrected chi connectivity index (χ2v) is 2.65. The fourth-order valence-corrected chi connectivity index (χ4v) is 0.980. The van der Waals surface area contributed by atoms with Gasteiger partial charge in [0.25, 0.3) is 0 Å². The van der Waals surface area contributed by atoms with Crippen LogP contribution in [-0.2, 0) is 0 Å². The normalized spacial score (nSPS) is 12.5. The molecule has 0 aliphatic rings. The summed E-state index contributed by atoms with van der Waals surface area (Å²) in [6.45, 7) is 1.78. The first-order valence-electron chi connectivity index (χ1n) is 4.03. The topological polar surface area (TPSA) is 37.3 Å². The third-order valence-electron chi connectivity index (χ3n) is 1.75. The molecule has 1 aromatic rings. The van der Waals surface area contributed by atoms with E-state index in [-0.39, 0.29) is 5.78 Å². The van der Waals surface area contributed by atoms with Crippen molar-refractivity contribution in [1.82, 2.24) is 0 Å². The number of rotatable bonds is 3. The van der Waals surface area contributed by atoms with Crippen LogP contribution in [0.1, 0.15) is 23.7 Å². The Bertz CT molecular complexity index is 254. The number of carbonyl (C=O) groups excluding carboxylic acids is 1. The van der Waals surface area contributed by atoms with Crippen molar-refractivity contribution in [3.63, 3.8) is 0 Å². The third-order valence-corrected chi connectivity index (χ3v) is 1.75. The molecule has 1 unspecified atom stereocenters. The first-order valence-corrected chi connectivity index (χ1v) is 4.03. The van der Waals surface area contributed by atoms with E-state index in [1.807, 2.05) is 6.07 Å². The van der Waals surface area contributed by atoms with Crippen LogP contribution < -0.4 is 0 Å². The Morgan fingerprint density at radius 1 is 1.42 bits per heavy atom. The van der Waals surface area contributed by atoms with Crippen molar-refractivity contribution < 1.29 is 9.90 Å². The Labute approximate surface area is 71.8 Å². The lowest BCUT2D eigenvalue weighted by Crippen LogP contribution is -2.18. The smallest absolute Gasteiger partial charge is 0.191 e. The zero-order valence-corrected chi connectivity index (χ0v) is 7.03. The highest BCUT2D eigenvalue weighted by Gasteiger charge is 2.13. The average molecular weight is 164 g/mol. The SMILES string of the molecule is CCC(O)C(=O)c1ccccc1. The van der Waals surface area contributed by atoms with Crippen LogP contribution >= 0.6 is 0 Å². The maximum absolute atomic E-state index is 11.3. The summed E-state index contributed by atoms with van der Waals surface area (Å²) in [5, 5.41) is 9.23. The van der Waals surface area contributed by atoms with Gasteiger partial charge in [0.1, 0.15) is 6.10 Å². The number of ketones is 1. The number of hydrogen-bond acceptors (Lipinski definition) is 2. The Hall–Kier alpha value is -1.15. The standard InChI is InChI=1S/C10H12O2/c1-2-9(11)10(12)8-6-4-3-5-7-8/h3-7,9,11H,2H2,1H3. The van der Waals surface area contributed by atoms with Crippen molar-refractivity contribution in [2.45, 2.75) is 19.4 Å². The first-order chi connectivity index (χ1) is 5.75. The number of aliphatic hydroxyl groups excluding tert-OH is 1. The number of Topliss-reactive ketones (excluding diaryl/α,β-unsaturated/α-hetero) is 1. The van der Waals surface area contributed by atoms with Gasteiger partial charge in [-0.15, -0.1) is 0 Å². The molecule has 1 N–H and O–H groups in total. The molecule has 2 nitrogen and oxygen atoms in total. The predicted molar refractivity (Wildman–Crippen MR) is 47.1 cm³/mol. The van der Waals surface area contributed by atoms with Crippen molar-refractivity contribution in [2.75, 3.05) is 0 Å². The average Bonchev–Trinajstić information content (AvgIpc) is 2.17. The summed E-state index contributed by atoms with van der Waals surface area (Å²) in [4.78, 5) is 11.3. The molecule has 0 fully saturated rings. The van der Waals surface area contributed by atoms with E-state index in [0.29, 0.717) is 12.0 Å². The monoisotopic (exact) mass is 164 g/mol. The minimum atomic E-state index is -0.854. The molecule has 0 radical (unpaired) electrons. The third kappa shape index (κ3) is 1.92. The van der Waals surface area contributed by atoms with Gasteiger partial charge in [-0.2, -0.15) is 0 Å². The van der Waals surface area contributed by atoms with E-state index in [9.17, 15) is 9.90 Å². The minimum absolute atomic E-state index is 0.196. The molecular weight excluding hydrogens is 152 g/mol. The van der Waals surface area contributed by atoms with Gasteiger partial charge in [0.15, 0.2) is 5.78 Å².